The number of hydrogen-bond acceptors (Lipinski definition) is 2. The van der Waals surface area contributed by atoms with Gasteiger partial charge in [0.2, 0.25) is 0 Å². The highest BCUT2D eigenvalue weighted by molar-refractivity contribution is 5.83. The Bertz CT molecular complexity index is 474. The van der Waals surface area contributed by atoms with Gasteiger partial charge in [0, 0.05) is 11.8 Å². The van der Waals surface area contributed by atoms with E-state index in [9.17, 15) is 0 Å². The maximum absolute atomic E-state index is 5.09. The van der Waals surface area contributed by atoms with Gasteiger partial charge in [0.05, 0.1) is 13.7 Å². The van der Waals surface area contributed by atoms with E-state index in [-0.39, 0.29) is 0 Å². The second kappa shape index (κ2) is 5.15. The maximum atomic E-state index is 5.09. The lowest BCUT2D eigenvalue weighted by atomic mass is 10.2. The van der Waals surface area contributed by atoms with Gasteiger partial charge in [-0.15, -0.1) is 5.73 Å². The van der Waals surface area contributed by atoms with E-state index < -0.39 is 0 Å². The van der Waals surface area contributed by atoms with E-state index in [0.717, 1.165) is 11.3 Å². The number of allylic oxidation sites excluding steroid dienone is 3. The summed E-state index contributed by atoms with van der Waals surface area (Å²) >= 11 is 0. The van der Waals surface area contributed by atoms with E-state index in [2.05, 4.69) is 10.7 Å². The molecule has 0 spiro atoms. The van der Waals surface area contributed by atoms with Crippen LogP contribution in [0.25, 0.3) is 0 Å². The van der Waals surface area contributed by atoms with Gasteiger partial charge >= 0.3 is 0 Å². The molecule has 1 aromatic carbocycles. The minimum Gasteiger partial charge on any atom is -0.497 e. The number of hydrogen-bond donors (Lipinski definition) is 0. The van der Waals surface area contributed by atoms with Gasteiger partial charge in [-0.05, 0) is 29.8 Å². The van der Waals surface area contributed by atoms with Gasteiger partial charge in [-0.3, -0.25) is 4.99 Å². The van der Waals surface area contributed by atoms with E-state index in [1.165, 1.54) is 5.56 Å². The van der Waals surface area contributed by atoms with E-state index in [1.807, 2.05) is 48.7 Å². The average Bonchev–Trinajstić information content (AvgIpc) is 2.83. The Labute approximate surface area is 95.3 Å². The van der Waals surface area contributed by atoms with Gasteiger partial charge in [-0.2, -0.15) is 0 Å². The predicted molar refractivity (Wildman–Crippen MR) is 65.9 cm³/mol. The lowest BCUT2D eigenvalue weighted by molar-refractivity contribution is 0.414. The third-order valence-corrected chi connectivity index (χ3v) is 2.29. The third kappa shape index (κ3) is 2.72. The Hall–Kier alpha value is -2.05. The van der Waals surface area contributed by atoms with Crippen LogP contribution < -0.4 is 4.74 Å². The van der Waals surface area contributed by atoms with Crippen LogP contribution in [0, 0.1) is 0 Å². The number of methoxy groups -OCH3 is 1. The van der Waals surface area contributed by atoms with Crippen molar-refractivity contribution in [1.82, 2.24) is 0 Å². The first-order valence-electron chi connectivity index (χ1n) is 5.14. The molecule has 80 valence electrons. The van der Waals surface area contributed by atoms with Crippen molar-refractivity contribution in [3.05, 3.63) is 59.4 Å². The summed E-state index contributed by atoms with van der Waals surface area (Å²) in [5, 5.41) is 0. The Morgan fingerprint density at radius 3 is 2.75 bits per heavy atom. The topological polar surface area (TPSA) is 21.6 Å². The maximum Gasteiger partial charge on any atom is 0.118 e. The van der Waals surface area contributed by atoms with Crippen LogP contribution >= 0.6 is 0 Å². The van der Waals surface area contributed by atoms with Crippen LogP contribution in [0.3, 0.4) is 0 Å². The summed E-state index contributed by atoms with van der Waals surface area (Å²) in [5.41, 5.74) is 5.26. The first-order valence-corrected chi connectivity index (χ1v) is 5.14. The van der Waals surface area contributed by atoms with Gasteiger partial charge in [0.1, 0.15) is 5.75 Å². The summed E-state index contributed by atoms with van der Waals surface area (Å²) in [6.07, 6.45) is 7.66. The molecule has 1 aliphatic carbocycles. The number of ether oxygens (including phenoxy) is 1. The van der Waals surface area contributed by atoms with E-state index >= 15 is 0 Å². The van der Waals surface area contributed by atoms with Crippen LogP contribution in [-0.4, -0.2) is 13.3 Å². The average molecular weight is 211 g/mol. The predicted octanol–water partition coefficient (Wildman–Crippen LogP) is 2.92. The van der Waals surface area contributed by atoms with Gasteiger partial charge in [-0.1, -0.05) is 18.2 Å². The molecular weight excluding hydrogens is 198 g/mol. The molecule has 0 radical (unpaired) electrons. The summed E-state index contributed by atoms with van der Waals surface area (Å²) in [7, 11) is 1.67. The molecular formula is C14H13NO. The fraction of sp³-hybridized carbons (Fsp3) is 0.143. The Morgan fingerprint density at radius 2 is 2.12 bits per heavy atom. The molecule has 2 rings (SSSR count). The first kappa shape index (κ1) is 10.5. The molecule has 2 nitrogen and oxygen atoms in total. The second-order valence-corrected chi connectivity index (χ2v) is 3.44. The monoisotopic (exact) mass is 211 g/mol. The fourth-order valence-corrected chi connectivity index (χ4v) is 1.40. The molecule has 0 amide bonds. The number of aliphatic imine (C=N–C) groups is 1. The fourth-order valence-electron chi connectivity index (χ4n) is 1.40. The molecule has 2 heteroatoms. The van der Waals surface area contributed by atoms with Gasteiger partial charge in [-0.25, -0.2) is 0 Å². The molecule has 0 saturated carbocycles. The number of benzene rings is 1. The molecule has 0 aliphatic heterocycles. The van der Waals surface area contributed by atoms with Crippen molar-refractivity contribution in [2.45, 2.75) is 6.54 Å². The Balaban J connectivity index is 1.94. The zero-order chi connectivity index (χ0) is 11.2. The smallest absolute Gasteiger partial charge is 0.118 e. The van der Waals surface area contributed by atoms with Crippen LogP contribution in [0.5, 0.6) is 5.75 Å². The lowest BCUT2D eigenvalue weighted by Gasteiger charge is -2.00. The Kier molecular flexibility index (Phi) is 3.37. The molecule has 0 N–H and O–H groups in total. The highest BCUT2D eigenvalue weighted by atomic mass is 16.5. The van der Waals surface area contributed by atoms with Crippen LogP contribution in [0.4, 0.5) is 0 Å². The van der Waals surface area contributed by atoms with E-state index in [0.29, 0.717) is 6.54 Å². The van der Waals surface area contributed by atoms with Gasteiger partial charge in [0.25, 0.3) is 0 Å². The van der Waals surface area contributed by atoms with Crippen LogP contribution in [0.15, 0.2) is 58.8 Å². The molecule has 0 unspecified atom stereocenters. The van der Waals surface area contributed by atoms with Crippen LogP contribution in [0.2, 0.25) is 0 Å². The van der Waals surface area contributed by atoms with Crippen molar-refractivity contribution in [2.24, 2.45) is 4.99 Å². The quantitative estimate of drug-likeness (QED) is 0.554. The lowest BCUT2D eigenvalue weighted by Crippen LogP contribution is -1.85. The Morgan fingerprint density at radius 1 is 1.31 bits per heavy atom. The summed E-state index contributed by atoms with van der Waals surface area (Å²) in [6.45, 7) is 0.684. The minimum absolute atomic E-state index is 0.684. The van der Waals surface area contributed by atoms with Crippen molar-refractivity contribution < 1.29 is 4.74 Å². The van der Waals surface area contributed by atoms with Crippen molar-refractivity contribution >= 4 is 6.21 Å². The molecule has 0 heterocycles. The molecule has 16 heavy (non-hydrogen) atoms. The van der Waals surface area contributed by atoms with Crippen molar-refractivity contribution in [1.29, 1.82) is 0 Å². The number of rotatable bonds is 4. The van der Waals surface area contributed by atoms with E-state index in [1.54, 1.807) is 7.11 Å². The van der Waals surface area contributed by atoms with Crippen LogP contribution in [0.1, 0.15) is 5.56 Å². The minimum atomic E-state index is 0.684. The highest BCUT2D eigenvalue weighted by Gasteiger charge is 1.93. The van der Waals surface area contributed by atoms with Gasteiger partial charge < -0.3 is 4.74 Å². The SMILES string of the molecule is COc1ccc(CN=CC2=C=CC=C2)cc1. The zero-order valence-corrected chi connectivity index (χ0v) is 9.18. The molecule has 0 saturated heterocycles. The molecule has 0 fully saturated rings. The third-order valence-electron chi connectivity index (χ3n) is 2.29. The highest BCUT2D eigenvalue weighted by Crippen LogP contribution is 2.11. The molecule has 0 bridgehead atoms. The normalized spacial score (nSPS) is 13.4. The summed E-state index contributed by atoms with van der Waals surface area (Å²) in [6, 6.07) is 7.93. The van der Waals surface area contributed by atoms with Gasteiger partial charge in [0.15, 0.2) is 0 Å². The molecule has 0 aromatic heterocycles. The largest absolute Gasteiger partial charge is 0.497 e. The molecule has 1 aliphatic rings. The number of nitrogens with zero attached hydrogens (tertiary/aromatic N) is 1. The molecule has 0 atom stereocenters. The summed E-state index contributed by atoms with van der Waals surface area (Å²) in [4.78, 5) is 4.34. The summed E-state index contributed by atoms with van der Waals surface area (Å²) < 4.78 is 5.09. The standard InChI is InChI=1S/C14H13NO/c1-16-14-8-6-13(7-9-14)11-15-10-12-4-2-3-5-12/h2-4,6-10H,11H2,1H3. The van der Waals surface area contributed by atoms with Crippen molar-refractivity contribution in [3.8, 4) is 5.75 Å². The van der Waals surface area contributed by atoms with Crippen LogP contribution in [-0.2, 0) is 6.54 Å². The zero-order valence-electron chi connectivity index (χ0n) is 9.18. The van der Waals surface area contributed by atoms with Crippen molar-refractivity contribution in [3.63, 3.8) is 0 Å². The summed E-state index contributed by atoms with van der Waals surface area (Å²) in [5.74, 6) is 0.872. The van der Waals surface area contributed by atoms with E-state index in [4.69, 9.17) is 4.74 Å². The van der Waals surface area contributed by atoms with Crippen molar-refractivity contribution in [2.75, 3.05) is 7.11 Å². The second-order valence-electron chi connectivity index (χ2n) is 3.44. The molecule has 1 aromatic rings. The first-order chi connectivity index (χ1) is 7.88.